The molecule has 2 unspecified atom stereocenters. The van der Waals surface area contributed by atoms with Gasteiger partial charge in [-0.3, -0.25) is 9.59 Å². The number of nitrogens with zero attached hydrogens (tertiary/aromatic N) is 1. The third kappa shape index (κ3) is 27.8. The standard InChI is InChI=1S/C38H67NO7/c1-6-8-10-12-14-16-18-19-21-22-24-26-28-36(40)45-33-34(32-44-31-30-35(38(42)43)39(3,4)5)46-37(41)29-27-25-23-20-17-15-13-11-9-7-2/h8,10,13-16,34-35H,6-7,9,11-12,17-33H2,1-5H3/b10-8+,15-13+,16-14+. The maximum atomic E-state index is 12.6. The largest absolute Gasteiger partial charge is 0.544 e. The zero-order chi connectivity index (χ0) is 34.3. The monoisotopic (exact) mass is 649 g/mol. The number of esters is 2. The number of hydrogen-bond donors (Lipinski definition) is 0. The smallest absolute Gasteiger partial charge is 0.306 e. The second-order valence-corrected chi connectivity index (χ2v) is 13.1. The van der Waals surface area contributed by atoms with Crippen LogP contribution in [0, 0.1) is 0 Å². The Balaban J connectivity index is 4.49. The Bertz CT molecular complexity index is 860. The molecule has 0 aliphatic heterocycles. The van der Waals surface area contributed by atoms with Crippen LogP contribution in [0.3, 0.4) is 0 Å². The number of carboxylic acids is 1. The summed E-state index contributed by atoms with van der Waals surface area (Å²) in [6.07, 6.45) is 30.3. The fourth-order valence-electron chi connectivity index (χ4n) is 4.91. The van der Waals surface area contributed by atoms with Gasteiger partial charge in [0.15, 0.2) is 6.10 Å². The Morgan fingerprint density at radius 3 is 1.80 bits per heavy atom. The lowest BCUT2D eigenvalue weighted by molar-refractivity contribution is -0.889. The second-order valence-electron chi connectivity index (χ2n) is 13.1. The molecule has 0 heterocycles. The number of carbonyl (C=O) groups excluding carboxylic acids is 3. The Morgan fingerprint density at radius 2 is 1.22 bits per heavy atom. The van der Waals surface area contributed by atoms with Crippen molar-refractivity contribution in [2.24, 2.45) is 0 Å². The molecule has 0 aliphatic rings. The van der Waals surface area contributed by atoms with E-state index in [1.54, 1.807) is 21.1 Å². The minimum atomic E-state index is -1.13. The molecule has 8 heteroatoms. The van der Waals surface area contributed by atoms with E-state index < -0.39 is 18.1 Å². The predicted octanol–water partition coefficient (Wildman–Crippen LogP) is 7.40. The van der Waals surface area contributed by atoms with E-state index in [0.717, 1.165) is 89.9 Å². The van der Waals surface area contributed by atoms with E-state index >= 15 is 0 Å². The first-order chi connectivity index (χ1) is 22.1. The van der Waals surface area contributed by atoms with Crippen LogP contribution in [0.5, 0.6) is 0 Å². The summed E-state index contributed by atoms with van der Waals surface area (Å²) >= 11 is 0. The van der Waals surface area contributed by atoms with Gasteiger partial charge in [0.1, 0.15) is 12.6 Å². The van der Waals surface area contributed by atoms with Crippen molar-refractivity contribution in [3.8, 4) is 0 Å². The molecule has 0 saturated heterocycles. The summed E-state index contributed by atoms with van der Waals surface area (Å²) in [5.41, 5.74) is 0. The SMILES string of the molecule is CC/C=C/C/C=C/CCCCCCCC(=O)OCC(COCCC(C(=O)[O-])[N+](C)(C)C)OC(=O)CCCCCC/C=C/CCCC. The van der Waals surface area contributed by atoms with Gasteiger partial charge in [0.25, 0.3) is 0 Å². The van der Waals surface area contributed by atoms with E-state index in [1.165, 1.54) is 12.8 Å². The number of rotatable bonds is 31. The fraction of sp³-hybridized carbons (Fsp3) is 0.763. The highest BCUT2D eigenvalue weighted by Gasteiger charge is 2.25. The molecule has 0 N–H and O–H groups in total. The highest BCUT2D eigenvalue weighted by atomic mass is 16.6. The molecule has 46 heavy (non-hydrogen) atoms. The normalized spacial score (nSPS) is 13.5. The van der Waals surface area contributed by atoms with Crippen molar-refractivity contribution < 1.29 is 38.2 Å². The highest BCUT2D eigenvalue weighted by molar-refractivity contribution is 5.70. The van der Waals surface area contributed by atoms with Gasteiger partial charge in [-0.1, -0.05) is 95.2 Å². The molecule has 0 radical (unpaired) electrons. The molecule has 0 saturated carbocycles. The number of quaternary nitrogens is 1. The molecule has 0 amide bonds. The molecule has 0 aromatic carbocycles. The third-order valence-corrected chi connectivity index (χ3v) is 7.76. The van der Waals surface area contributed by atoms with Gasteiger partial charge in [-0.2, -0.15) is 0 Å². The molecule has 266 valence electrons. The maximum Gasteiger partial charge on any atom is 0.306 e. The van der Waals surface area contributed by atoms with Gasteiger partial charge < -0.3 is 28.6 Å². The summed E-state index contributed by atoms with van der Waals surface area (Å²) in [7, 11) is 5.38. The van der Waals surface area contributed by atoms with Crippen LogP contribution in [-0.2, 0) is 28.6 Å². The average molecular weight is 650 g/mol. The number of aliphatic carboxylic acids is 1. The topological polar surface area (TPSA) is 102 Å². The zero-order valence-corrected chi connectivity index (χ0v) is 30.0. The molecule has 0 aromatic rings. The molecule has 0 aliphatic carbocycles. The number of ether oxygens (including phenoxy) is 3. The molecular formula is C38H67NO7. The molecule has 2 atom stereocenters. The van der Waals surface area contributed by atoms with Gasteiger partial charge in [0.05, 0.1) is 40.3 Å². The van der Waals surface area contributed by atoms with Crippen LogP contribution >= 0.6 is 0 Å². The molecule has 0 bridgehead atoms. The summed E-state index contributed by atoms with van der Waals surface area (Å²) in [6.45, 7) is 4.45. The molecular weight excluding hydrogens is 582 g/mol. The van der Waals surface area contributed by atoms with E-state index in [1.807, 2.05) is 0 Å². The van der Waals surface area contributed by atoms with Crippen molar-refractivity contribution in [2.75, 3.05) is 41.0 Å². The number of likely N-dealkylation sites (N-methyl/N-ethyl adjacent to an activating group) is 1. The van der Waals surface area contributed by atoms with Crippen molar-refractivity contribution in [1.29, 1.82) is 0 Å². The van der Waals surface area contributed by atoms with Crippen LogP contribution in [0.4, 0.5) is 0 Å². The highest BCUT2D eigenvalue weighted by Crippen LogP contribution is 2.12. The molecule has 0 fully saturated rings. The number of unbranched alkanes of at least 4 members (excludes halogenated alkanes) is 11. The van der Waals surface area contributed by atoms with Crippen LogP contribution in [0.15, 0.2) is 36.5 Å². The van der Waals surface area contributed by atoms with Crippen LogP contribution in [0.1, 0.15) is 136 Å². The van der Waals surface area contributed by atoms with Gasteiger partial charge in [-0.05, 0) is 57.8 Å². The minimum absolute atomic E-state index is 0.0314. The van der Waals surface area contributed by atoms with Gasteiger partial charge in [-0.25, -0.2) is 0 Å². The third-order valence-electron chi connectivity index (χ3n) is 7.76. The summed E-state index contributed by atoms with van der Waals surface area (Å²) in [4.78, 5) is 36.5. The Labute approximate surface area is 281 Å². The molecule has 8 nitrogen and oxygen atoms in total. The van der Waals surface area contributed by atoms with Crippen LogP contribution in [0.25, 0.3) is 0 Å². The minimum Gasteiger partial charge on any atom is -0.544 e. The van der Waals surface area contributed by atoms with Crippen LogP contribution in [0.2, 0.25) is 0 Å². The summed E-state index contributed by atoms with van der Waals surface area (Å²) < 4.78 is 17.0. The zero-order valence-electron chi connectivity index (χ0n) is 30.0. The number of allylic oxidation sites excluding steroid dienone is 6. The lowest BCUT2D eigenvalue weighted by atomic mass is 10.1. The number of carbonyl (C=O) groups is 3. The van der Waals surface area contributed by atoms with Gasteiger partial charge in [0.2, 0.25) is 0 Å². The lowest BCUT2D eigenvalue weighted by Gasteiger charge is -2.34. The van der Waals surface area contributed by atoms with E-state index in [4.69, 9.17) is 14.2 Å². The first kappa shape index (κ1) is 43.5. The van der Waals surface area contributed by atoms with Gasteiger partial charge in [-0.15, -0.1) is 0 Å². The Hall–Kier alpha value is -2.45. The van der Waals surface area contributed by atoms with E-state index in [9.17, 15) is 19.5 Å². The van der Waals surface area contributed by atoms with Crippen molar-refractivity contribution in [3.63, 3.8) is 0 Å². The van der Waals surface area contributed by atoms with Crippen molar-refractivity contribution in [1.82, 2.24) is 0 Å². The number of carboxylic acid groups (broad SMARTS) is 1. The Kier molecular flexibility index (Phi) is 28.3. The first-order valence-corrected chi connectivity index (χ1v) is 18.0. The van der Waals surface area contributed by atoms with Gasteiger partial charge >= 0.3 is 11.9 Å². The van der Waals surface area contributed by atoms with E-state index in [0.29, 0.717) is 12.8 Å². The molecule has 0 rings (SSSR count). The van der Waals surface area contributed by atoms with Crippen molar-refractivity contribution in [3.05, 3.63) is 36.5 Å². The fourth-order valence-corrected chi connectivity index (χ4v) is 4.91. The van der Waals surface area contributed by atoms with Gasteiger partial charge in [0, 0.05) is 19.3 Å². The van der Waals surface area contributed by atoms with Crippen molar-refractivity contribution >= 4 is 17.9 Å². The first-order valence-electron chi connectivity index (χ1n) is 18.0. The summed E-state index contributed by atoms with van der Waals surface area (Å²) in [6, 6.07) is -0.727. The maximum absolute atomic E-state index is 12.6. The quantitative estimate of drug-likeness (QED) is 0.0334. The lowest BCUT2D eigenvalue weighted by Crippen LogP contribution is -2.55. The van der Waals surface area contributed by atoms with E-state index in [2.05, 4.69) is 50.3 Å². The summed E-state index contributed by atoms with van der Waals surface area (Å²) in [5, 5.41) is 11.5. The Morgan fingerprint density at radius 1 is 0.674 bits per heavy atom. The average Bonchev–Trinajstić information content (AvgIpc) is 3.00. The predicted molar refractivity (Wildman–Crippen MR) is 185 cm³/mol. The van der Waals surface area contributed by atoms with Crippen LogP contribution < -0.4 is 5.11 Å². The van der Waals surface area contributed by atoms with E-state index in [-0.39, 0.29) is 42.7 Å². The second kappa shape index (κ2) is 29.9. The molecule has 0 aromatic heterocycles. The van der Waals surface area contributed by atoms with Crippen LogP contribution in [-0.4, -0.2) is 75.5 Å². The van der Waals surface area contributed by atoms with Crippen molar-refractivity contribution in [2.45, 2.75) is 148 Å². The number of hydrogen-bond acceptors (Lipinski definition) is 7. The molecule has 0 spiro atoms. The summed E-state index contributed by atoms with van der Waals surface area (Å²) in [5.74, 6) is -1.78.